The van der Waals surface area contributed by atoms with Gasteiger partial charge in [-0.1, -0.05) is 6.08 Å². The van der Waals surface area contributed by atoms with E-state index in [1.165, 1.54) is 11.6 Å². The van der Waals surface area contributed by atoms with Crippen LogP contribution >= 0.6 is 0 Å². The van der Waals surface area contributed by atoms with Gasteiger partial charge >= 0.3 is 5.69 Å². The molecule has 0 aliphatic rings. The summed E-state index contributed by atoms with van der Waals surface area (Å²) in [5.41, 5.74) is -0.301. The molecular weight excluding hydrogens is 208 g/mol. The maximum absolute atomic E-state index is 11.8. The zero-order valence-corrected chi connectivity index (χ0v) is 9.17. The standard InChI is InChI=1S/C10H12N4O2/c1-4-5-14-6-7-8(11-14)12(2)10(16)13(3)9(7)15/h4,6H,1,5H2,2-3H3. The van der Waals surface area contributed by atoms with Crippen molar-refractivity contribution < 1.29 is 0 Å². The topological polar surface area (TPSA) is 61.8 Å². The SMILES string of the molecule is C=CCn1cc2c(=O)n(C)c(=O)n(C)c2n1. The van der Waals surface area contributed by atoms with Gasteiger partial charge in [-0.05, 0) is 0 Å². The van der Waals surface area contributed by atoms with Gasteiger partial charge in [-0.2, -0.15) is 5.10 Å². The Bertz CT molecular complexity index is 674. The third-order valence-corrected chi connectivity index (χ3v) is 2.48. The second-order valence-electron chi connectivity index (χ2n) is 3.58. The van der Waals surface area contributed by atoms with E-state index in [1.54, 1.807) is 24.0 Å². The van der Waals surface area contributed by atoms with Crippen LogP contribution < -0.4 is 11.2 Å². The summed E-state index contributed by atoms with van der Waals surface area (Å²) in [7, 11) is 3.05. The number of nitrogens with zero attached hydrogens (tertiary/aromatic N) is 4. The summed E-state index contributed by atoms with van der Waals surface area (Å²) in [6, 6.07) is 0. The Hall–Kier alpha value is -2.11. The highest BCUT2D eigenvalue weighted by Gasteiger charge is 2.11. The number of fused-ring (bicyclic) bond motifs is 1. The van der Waals surface area contributed by atoms with Crippen LogP contribution in [0, 0.1) is 0 Å². The summed E-state index contributed by atoms with van der Waals surface area (Å²) >= 11 is 0. The largest absolute Gasteiger partial charge is 0.332 e. The molecule has 0 amide bonds. The van der Waals surface area contributed by atoms with Gasteiger partial charge < -0.3 is 0 Å². The van der Waals surface area contributed by atoms with Crippen LogP contribution in [0.3, 0.4) is 0 Å². The molecule has 6 heteroatoms. The van der Waals surface area contributed by atoms with Crippen molar-refractivity contribution in [2.75, 3.05) is 0 Å². The predicted molar refractivity (Wildman–Crippen MR) is 60.4 cm³/mol. The van der Waals surface area contributed by atoms with Gasteiger partial charge in [-0.25, -0.2) is 4.79 Å². The number of aryl methyl sites for hydroxylation is 1. The van der Waals surface area contributed by atoms with Crippen LogP contribution in [-0.4, -0.2) is 18.9 Å². The lowest BCUT2D eigenvalue weighted by Gasteiger charge is -2.00. The molecule has 2 aromatic heterocycles. The monoisotopic (exact) mass is 220 g/mol. The molecule has 0 aliphatic heterocycles. The van der Waals surface area contributed by atoms with Crippen molar-refractivity contribution in [2.45, 2.75) is 6.54 Å². The Kier molecular flexibility index (Phi) is 2.26. The maximum Gasteiger partial charge on any atom is 0.332 e. The van der Waals surface area contributed by atoms with E-state index in [4.69, 9.17) is 0 Å². The van der Waals surface area contributed by atoms with Crippen LogP contribution in [0.15, 0.2) is 28.4 Å². The minimum absolute atomic E-state index is 0.326. The Labute approximate surface area is 91.0 Å². The van der Waals surface area contributed by atoms with Gasteiger partial charge in [0.1, 0.15) is 5.39 Å². The zero-order valence-electron chi connectivity index (χ0n) is 9.17. The highest BCUT2D eigenvalue weighted by molar-refractivity contribution is 5.72. The predicted octanol–water partition coefficient (Wildman–Crippen LogP) is -0.380. The molecule has 2 rings (SSSR count). The summed E-state index contributed by atoms with van der Waals surface area (Å²) in [4.78, 5) is 23.4. The fourth-order valence-electron chi connectivity index (χ4n) is 1.62. The fourth-order valence-corrected chi connectivity index (χ4v) is 1.62. The average molecular weight is 220 g/mol. The van der Waals surface area contributed by atoms with Crippen LogP contribution in [0.1, 0.15) is 0 Å². The molecule has 2 heterocycles. The molecule has 0 saturated heterocycles. The highest BCUT2D eigenvalue weighted by Crippen LogP contribution is 2.03. The van der Waals surface area contributed by atoms with Gasteiger partial charge in [0, 0.05) is 20.3 Å². The van der Waals surface area contributed by atoms with Crippen LogP contribution in [0.5, 0.6) is 0 Å². The number of hydrogen-bond donors (Lipinski definition) is 0. The third-order valence-electron chi connectivity index (χ3n) is 2.48. The molecule has 0 N–H and O–H groups in total. The highest BCUT2D eigenvalue weighted by atomic mass is 16.2. The number of aromatic nitrogens is 4. The third kappa shape index (κ3) is 1.30. The molecule has 0 saturated carbocycles. The van der Waals surface area contributed by atoms with Crippen molar-refractivity contribution in [1.82, 2.24) is 18.9 Å². The first-order chi connectivity index (χ1) is 7.56. The molecule has 0 spiro atoms. The first-order valence-corrected chi connectivity index (χ1v) is 4.80. The number of allylic oxidation sites excluding steroid dienone is 1. The summed E-state index contributed by atoms with van der Waals surface area (Å²) < 4.78 is 4.01. The van der Waals surface area contributed by atoms with Gasteiger partial charge in [0.2, 0.25) is 0 Å². The molecule has 2 aromatic rings. The molecule has 0 aliphatic carbocycles. The van der Waals surface area contributed by atoms with E-state index in [0.717, 1.165) is 4.57 Å². The molecule has 0 bridgehead atoms. The Balaban J connectivity index is 2.92. The van der Waals surface area contributed by atoms with E-state index >= 15 is 0 Å². The molecular formula is C10H12N4O2. The Morgan fingerprint density at radius 1 is 1.38 bits per heavy atom. The molecule has 0 atom stereocenters. The first kappa shape index (κ1) is 10.4. The summed E-state index contributed by atoms with van der Waals surface area (Å²) in [6.45, 7) is 4.10. The number of hydrogen-bond acceptors (Lipinski definition) is 3. The smallest absolute Gasteiger partial charge is 0.279 e. The molecule has 6 nitrogen and oxygen atoms in total. The van der Waals surface area contributed by atoms with E-state index in [1.807, 2.05) is 0 Å². The second kappa shape index (κ2) is 3.48. The molecule has 16 heavy (non-hydrogen) atoms. The lowest BCUT2D eigenvalue weighted by atomic mass is 10.4. The van der Waals surface area contributed by atoms with Gasteiger partial charge in [-0.3, -0.25) is 18.6 Å². The number of rotatable bonds is 2. The van der Waals surface area contributed by atoms with Gasteiger partial charge in [0.05, 0.1) is 6.54 Å². The van der Waals surface area contributed by atoms with Crippen LogP contribution in [-0.2, 0) is 20.6 Å². The first-order valence-electron chi connectivity index (χ1n) is 4.80. The van der Waals surface area contributed by atoms with Crippen molar-refractivity contribution in [3.63, 3.8) is 0 Å². The van der Waals surface area contributed by atoms with Crippen molar-refractivity contribution >= 4 is 11.0 Å². The van der Waals surface area contributed by atoms with Crippen molar-refractivity contribution in [3.8, 4) is 0 Å². The second-order valence-corrected chi connectivity index (χ2v) is 3.58. The normalized spacial score (nSPS) is 10.9. The summed E-state index contributed by atoms with van der Waals surface area (Å²) in [6.07, 6.45) is 3.30. The average Bonchev–Trinajstić information content (AvgIpc) is 2.68. The van der Waals surface area contributed by atoms with Crippen molar-refractivity contribution in [1.29, 1.82) is 0 Å². The summed E-state index contributed by atoms with van der Waals surface area (Å²) in [5, 5.41) is 4.60. The molecule has 0 fully saturated rings. The quantitative estimate of drug-likeness (QED) is 0.648. The van der Waals surface area contributed by atoms with E-state index in [0.29, 0.717) is 17.6 Å². The Morgan fingerprint density at radius 2 is 2.06 bits per heavy atom. The Morgan fingerprint density at radius 3 is 2.69 bits per heavy atom. The molecule has 84 valence electrons. The minimum atomic E-state index is -0.374. The van der Waals surface area contributed by atoms with Crippen LogP contribution in [0.4, 0.5) is 0 Å². The van der Waals surface area contributed by atoms with Gasteiger partial charge in [0.15, 0.2) is 5.65 Å². The van der Waals surface area contributed by atoms with E-state index < -0.39 is 0 Å². The summed E-state index contributed by atoms with van der Waals surface area (Å²) in [5.74, 6) is 0. The zero-order chi connectivity index (χ0) is 11.9. The van der Waals surface area contributed by atoms with Crippen molar-refractivity contribution in [3.05, 3.63) is 39.7 Å². The molecule has 0 unspecified atom stereocenters. The fraction of sp³-hybridized carbons (Fsp3) is 0.300. The van der Waals surface area contributed by atoms with E-state index in [2.05, 4.69) is 11.7 Å². The van der Waals surface area contributed by atoms with Crippen molar-refractivity contribution in [2.24, 2.45) is 14.1 Å². The molecule has 0 aromatic carbocycles. The van der Waals surface area contributed by atoms with E-state index in [-0.39, 0.29) is 11.2 Å². The minimum Gasteiger partial charge on any atom is -0.279 e. The lowest BCUT2D eigenvalue weighted by Crippen LogP contribution is -2.36. The lowest BCUT2D eigenvalue weighted by molar-refractivity contribution is 0.682. The van der Waals surface area contributed by atoms with E-state index in [9.17, 15) is 9.59 Å². The van der Waals surface area contributed by atoms with Crippen LogP contribution in [0.25, 0.3) is 11.0 Å². The maximum atomic E-state index is 11.8. The molecule has 0 radical (unpaired) electrons. The van der Waals surface area contributed by atoms with Gasteiger partial charge in [0.25, 0.3) is 5.56 Å². The van der Waals surface area contributed by atoms with Gasteiger partial charge in [-0.15, -0.1) is 6.58 Å². The van der Waals surface area contributed by atoms with Crippen LogP contribution in [0.2, 0.25) is 0 Å².